The molecule has 0 unspecified atom stereocenters. The van der Waals surface area contributed by atoms with Crippen molar-refractivity contribution in [1.82, 2.24) is 10.2 Å². The van der Waals surface area contributed by atoms with Gasteiger partial charge in [-0.25, -0.2) is 8.42 Å². The van der Waals surface area contributed by atoms with Gasteiger partial charge < -0.3 is 10.2 Å². The highest BCUT2D eigenvalue weighted by Crippen LogP contribution is 2.28. The van der Waals surface area contributed by atoms with Gasteiger partial charge in [0, 0.05) is 29.1 Å². The summed E-state index contributed by atoms with van der Waals surface area (Å²) < 4.78 is 27.2. The van der Waals surface area contributed by atoms with Crippen LogP contribution in [0, 0.1) is 13.8 Å². The van der Waals surface area contributed by atoms with E-state index in [2.05, 4.69) is 5.32 Å². The van der Waals surface area contributed by atoms with E-state index in [1.54, 1.807) is 44.2 Å². The predicted molar refractivity (Wildman–Crippen MR) is 167 cm³/mol. The molecule has 41 heavy (non-hydrogen) atoms. The van der Waals surface area contributed by atoms with E-state index in [0.29, 0.717) is 38.8 Å². The third-order valence-corrected chi connectivity index (χ3v) is 8.70. The maximum absolute atomic E-state index is 14.2. The van der Waals surface area contributed by atoms with Gasteiger partial charge in [-0.2, -0.15) is 0 Å². The number of aryl methyl sites for hydroxylation is 2. The summed E-state index contributed by atoms with van der Waals surface area (Å²) >= 11 is 12.6. The number of carbonyl (C=O) groups excluding carboxylic acids is 2. The highest BCUT2D eigenvalue weighted by Gasteiger charge is 2.34. The lowest BCUT2D eigenvalue weighted by Crippen LogP contribution is -2.54. The molecule has 1 N–H and O–H groups in total. The first-order valence-electron chi connectivity index (χ1n) is 13.4. The first-order valence-corrected chi connectivity index (χ1v) is 16.0. The molecular weight excluding hydrogens is 581 g/mol. The number of carbonyl (C=O) groups is 2. The Balaban J connectivity index is 2.13. The Morgan fingerprint density at radius 1 is 0.951 bits per heavy atom. The van der Waals surface area contributed by atoms with Gasteiger partial charge in [-0.15, -0.1) is 0 Å². The summed E-state index contributed by atoms with van der Waals surface area (Å²) in [7, 11) is -3.86. The van der Waals surface area contributed by atoms with Crippen LogP contribution in [-0.2, 0) is 32.6 Å². The number of benzene rings is 3. The number of hydrogen-bond donors (Lipinski definition) is 1. The Labute approximate surface area is 253 Å². The molecule has 0 saturated carbocycles. The Morgan fingerprint density at radius 2 is 1.59 bits per heavy atom. The molecule has 0 aliphatic rings. The van der Waals surface area contributed by atoms with Crippen LogP contribution < -0.4 is 9.62 Å². The van der Waals surface area contributed by atoms with Gasteiger partial charge in [0.1, 0.15) is 12.6 Å². The molecule has 3 rings (SSSR count). The van der Waals surface area contributed by atoms with E-state index in [1.807, 2.05) is 50.2 Å². The van der Waals surface area contributed by atoms with Crippen LogP contribution in [-0.4, -0.2) is 50.0 Å². The Bertz CT molecular complexity index is 1460. The van der Waals surface area contributed by atoms with Crippen LogP contribution in [0.1, 0.15) is 42.5 Å². The normalized spacial score (nSPS) is 12.9. The number of rotatable bonds is 12. The first-order chi connectivity index (χ1) is 19.3. The number of halogens is 2. The largest absolute Gasteiger partial charge is 0.352 e. The van der Waals surface area contributed by atoms with Crippen molar-refractivity contribution in [2.24, 2.45) is 0 Å². The molecule has 0 saturated heterocycles. The molecule has 7 nitrogen and oxygen atoms in total. The van der Waals surface area contributed by atoms with Crippen molar-refractivity contribution in [3.63, 3.8) is 0 Å². The molecule has 220 valence electrons. The first kappa shape index (κ1) is 32.4. The average Bonchev–Trinajstić information content (AvgIpc) is 2.90. The summed E-state index contributed by atoms with van der Waals surface area (Å²) in [4.78, 5) is 29.4. The van der Waals surface area contributed by atoms with Crippen LogP contribution in [0.3, 0.4) is 0 Å². The SMILES string of the molecule is CC[C@@H](C)NC(=O)[C@H](Cc1ccccc1)N(Cc1ccc(Cl)cc1Cl)C(=O)CN(c1c(C)cccc1C)S(C)(=O)=O. The number of sulfonamides is 1. The molecule has 0 fully saturated rings. The summed E-state index contributed by atoms with van der Waals surface area (Å²) in [6, 6.07) is 18.7. The number of nitrogens with zero attached hydrogens (tertiary/aromatic N) is 2. The van der Waals surface area contributed by atoms with Crippen LogP contribution in [0.5, 0.6) is 0 Å². The quantitative estimate of drug-likeness (QED) is 0.273. The number of nitrogens with one attached hydrogen (secondary N) is 1. The molecule has 10 heteroatoms. The van der Waals surface area contributed by atoms with E-state index < -0.39 is 28.5 Å². The zero-order chi connectivity index (χ0) is 30.3. The zero-order valence-electron chi connectivity index (χ0n) is 24.0. The highest BCUT2D eigenvalue weighted by molar-refractivity contribution is 7.92. The summed E-state index contributed by atoms with van der Waals surface area (Å²) in [5.74, 6) is -0.871. The Kier molecular flexibility index (Phi) is 11.2. The molecule has 0 radical (unpaired) electrons. The van der Waals surface area contributed by atoms with Crippen molar-refractivity contribution in [1.29, 1.82) is 0 Å². The van der Waals surface area contributed by atoms with E-state index in [1.165, 1.54) is 4.90 Å². The standard InChI is InChI=1S/C31H37Cl2N3O4S/c1-6-23(4)34-31(38)28(17-24-13-8-7-9-14-24)35(19-25-15-16-26(32)18-27(25)33)29(37)20-36(41(5,39)40)30-21(2)11-10-12-22(30)3/h7-16,18,23,28H,6,17,19-20H2,1-5H3,(H,34,38)/t23-,28+/m1/s1. The smallest absolute Gasteiger partial charge is 0.244 e. The number of anilines is 1. The molecule has 0 aromatic heterocycles. The second-order valence-corrected chi connectivity index (χ2v) is 13.0. The zero-order valence-corrected chi connectivity index (χ0v) is 26.4. The Morgan fingerprint density at radius 3 is 2.15 bits per heavy atom. The molecular formula is C31H37Cl2N3O4S. The maximum Gasteiger partial charge on any atom is 0.244 e. The maximum atomic E-state index is 14.2. The van der Waals surface area contributed by atoms with Gasteiger partial charge in [-0.05, 0) is 61.6 Å². The fraction of sp³-hybridized carbons (Fsp3) is 0.355. The second kappa shape index (κ2) is 14.2. The second-order valence-electron chi connectivity index (χ2n) is 10.3. The van der Waals surface area contributed by atoms with Crippen molar-refractivity contribution in [2.75, 3.05) is 17.1 Å². The summed E-state index contributed by atoms with van der Waals surface area (Å²) in [6.07, 6.45) is 2.00. The van der Waals surface area contributed by atoms with Gasteiger partial charge >= 0.3 is 0 Å². The third kappa shape index (κ3) is 8.71. The molecule has 0 aliphatic carbocycles. The van der Waals surface area contributed by atoms with Crippen molar-refractivity contribution in [2.45, 2.75) is 59.2 Å². The monoisotopic (exact) mass is 617 g/mol. The van der Waals surface area contributed by atoms with Gasteiger partial charge in [-0.1, -0.05) is 84.7 Å². The summed E-state index contributed by atoms with van der Waals surface area (Å²) in [5, 5.41) is 3.78. The van der Waals surface area contributed by atoms with Gasteiger partial charge in [-0.3, -0.25) is 13.9 Å². The van der Waals surface area contributed by atoms with E-state index in [0.717, 1.165) is 16.1 Å². The number of amides is 2. The average molecular weight is 619 g/mol. The molecule has 0 aliphatic heterocycles. The van der Waals surface area contributed by atoms with Crippen LogP contribution in [0.25, 0.3) is 0 Å². The molecule has 0 spiro atoms. The van der Waals surface area contributed by atoms with Gasteiger partial charge in [0.15, 0.2) is 0 Å². The molecule has 3 aromatic rings. The molecule has 0 heterocycles. The lowest BCUT2D eigenvalue weighted by Gasteiger charge is -2.34. The van der Waals surface area contributed by atoms with Gasteiger partial charge in [0.2, 0.25) is 21.8 Å². The van der Waals surface area contributed by atoms with E-state index in [-0.39, 0.29) is 24.9 Å². The van der Waals surface area contributed by atoms with Crippen molar-refractivity contribution >= 4 is 50.7 Å². The number of hydrogen-bond acceptors (Lipinski definition) is 4. The molecule has 2 atom stereocenters. The van der Waals surface area contributed by atoms with Crippen LogP contribution in [0.15, 0.2) is 66.7 Å². The van der Waals surface area contributed by atoms with E-state index >= 15 is 0 Å². The Hall–Kier alpha value is -3.07. The fourth-order valence-corrected chi connectivity index (χ4v) is 6.04. The molecule has 3 aromatic carbocycles. The fourth-order valence-electron chi connectivity index (χ4n) is 4.60. The van der Waals surface area contributed by atoms with Crippen LogP contribution in [0.2, 0.25) is 10.0 Å². The molecule has 2 amide bonds. The van der Waals surface area contributed by atoms with Gasteiger partial charge in [0.25, 0.3) is 0 Å². The van der Waals surface area contributed by atoms with Crippen LogP contribution >= 0.6 is 23.2 Å². The minimum Gasteiger partial charge on any atom is -0.352 e. The lowest BCUT2D eigenvalue weighted by atomic mass is 10.0. The van der Waals surface area contributed by atoms with Crippen molar-refractivity contribution in [3.8, 4) is 0 Å². The minimum atomic E-state index is -3.86. The highest BCUT2D eigenvalue weighted by atomic mass is 35.5. The predicted octanol–water partition coefficient (Wildman–Crippen LogP) is 5.93. The van der Waals surface area contributed by atoms with E-state index in [4.69, 9.17) is 23.2 Å². The minimum absolute atomic E-state index is 0.0232. The topological polar surface area (TPSA) is 86.8 Å². The van der Waals surface area contributed by atoms with Gasteiger partial charge in [0.05, 0.1) is 11.9 Å². The van der Waals surface area contributed by atoms with Crippen LogP contribution in [0.4, 0.5) is 5.69 Å². The summed E-state index contributed by atoms with van der Waals surface area (Å²) in [5.41, 5.74) is 3.30. The number of para-hydroxylation sites is 1. The summed E-state index contributed by atoms with van der Waals surface area (Å²) in [6.45, 7) is 6.94. The van der Waals surface area contributed by atoms with Crippen molar-refractivity contribution in [3.05, 3.63) is 99.0 Å². The third-order valence-electron chi connectivity index (χ3n) is 7.00. The van der Waals surface area contributed by atoms with Crippen molar-refractivity contribution < 1.29 is 18.0 Å². The lowest BCUT2D eigenvalue weighted by molar-refractivity contribution is -0.140. The molecule has 0 bridgehead atoms. The van der Waals surface area contributed by atoms with E-state index in [9.17, 15) is 18.0 Å².